The highest BCUT2D eigenvalue weighted by Gasteiger charge is 2.48. The first-order valence-electron chi connectivity index (χ1n) is 13.3. The predicted molar refractivity (Wildman–Crippen MR) is 158 cm³/mol. The topological polar surface area (TPSA) is 89.0 Å². The number of aliphatic hydroxyl groups excluding tert-OH is 1. The summed E-state index contributed by atoms with van der Waals surface area (Å²) in [6.07, 6.45) is 0.860. The second-order valence-corrected chi connectivity index (χ2v) is 11.6. The van der Waals surface area contributed by atoms with Gasteiger partial charge < -0.3 is 14.6 Å². The largest absolute Gasteiger partial charge is 0.507 e. The lowest BCUT2D eigenvalue weighted by Crippen LogP contribution is -2.29. The number of aryl methyl sites for hydroxylation is 2. The monoisotopic (exact) mass is 574 g/mol. The Bertz CT molecular complexity index is 1680. The van der Waals surface area contributed by atoms with Crippen LogP contribution in [0.5, 0.6) is 11.5 Å². The maximum atomic E-state index is 13.6. The molecule has 2 heterocycles. The standard InChI is InChI=1S/C32H31FN2O5S/c1-17(2)12-13-40-23-11-8-21(16-24(23)39-5)28-26(29(36)20-6-9-22(33)10-7-20)30(37)31(38)35(28)32-34-27-19(4)14-18(3)15-25(27)41-32/h6-11,14-17,28,36H,12-13H2,1-5H3. The maximum Gasteiger partial charge on any atom is 0.301 e. The molecule has 1 atom stereocenters. The number of amides is 1. The van der Waals surface area contributed by atoms with Crippen molar-refractivity contribution in [3.05, 3.63) is 88.2 Å². The van der Waals surface area contributed by atoms with Gasteiger partial charge in [-0.15, -0.1) is 0 Å². The van der Waals surface area contributed by atoms with Gasteiger partial charge in [-0.25, -0.2) is 9.37 Å². The minimum absolute atomic E-state index is 0.121. The number of benzene rings is 3. The number of thiazole rings is 1. The summed E-state index contributed by atoms with van der Waals surface area (Å²) in [5, 5.41) is 11.7. The van der Waals surface area contributed by atoms with Crippen LogP contribution in [0.15, 0.2) is 60.2 Å². The lowest BCUT2D eigenvalue weighted by atomic mass is 9.95. The number of hydrogen-bond acceptors (Lipinski definition) is 7. The summed E-state index contributed by atoms with van der Waals surface area (Å²) in [6, 6.07) is 13.3. The molecule has 3 aromatic carbocycles. The molecule has 0 radical (unpaired) electrons. The van der Waals surface area contributed by atoms with Gasteiger partial charge in [0.2, 0.25) is 0 Å². The lowest BCUT2D eigenvalue weighted by Gasteiger charge is -2.24. The van der Waals surface area contributed by atoms with Crippen LogP contribution in [0.3, 0.4) is 0 Å². The van der Waals surface area contributed by atoms with Gasteiger partial charge in [0.05, 0.1) is 35.5 Å². The number of aromatic nitrogens is 1. The number of hydrogen-bond donors (Lipinski definition) is 1. The van der Waals surface area contributed by atoms with Gasteiger partial charge in [-0.3, -0.25) is 14.5 Å². The van der Waals surface area contributed by atoms with Crippen molar-refractivity contribution in [2.24, 2.45) is 5.92 Å². The zero-order chi connectivity index (χ0) is 29.4. The molecular formula is C32H31FN2O5S. The maximum absolute atomic E-state index is 13.6. The Morgan fingerprint density at radius 3 is 2.49 bits per heavy atom. The first kappa shape index (κ1) is 28.3. The van der Waals surface area contributed by atoms with E-state index in [9.17, 15) is 19.1 Å². The van der Waals surface area contributed by atoms with Crippen molar-refractivity contribution >= 4 is 44.1 Å². The van der Waals surface area contributed by atoms with Crippen molar-refractivity contribution in [1.82, 2.24) is 4.98 Å². The molecule has 5 rings (SSSR count). The number of fused-ring (bicyclic) bond motifs is 1. The second-order valence-electron chi connectivity index (χ2n) is 10.5. The van der Waals surface area contributed by atoms with Gasteiger partial charge in [0.25, 0.3) is 5.78 Å². The number of aliphatic hydroxyl groups is 1. The van der Waals surface area contributed by atoms with Crippen molar-refractivity contribution in [3.8, 4) is 11.5 Å². The molecule has 4 aromatic rings. The molecule has 1 aliphatic heterocycles. The molecule has 1 N–H and O–H groups in total. The third kappa shape index (κ3) is 5.41. The quantitative estimate of drug-likeness (QED) is 0.137. The highest BCUT2D eigenvalue weighted by molar-refractivity contribution is 7.22. The molecule has 0 aliphatic carbocycles. The average molecular weight is 575 g/mol. The van der Waals surface area contributed by atoms with Crippen LogP contribution in [-0.2, 0) is 9.59 Å². The fourth-order valence-electron chi connectivity index (χ4n) is 4.95. The normalized spacial score (nSPS) is 16.7. The van der Waals surface area contributed by atoms with E-state index in [1.807, 2.05) is 26.0 Å². The zero-order valence-corrected chi connectivity index (χ0v) is 24.3. The van der Waals surface area contributed by atoms with Crippen molar-refractivity contribution in [2.45, 2.75) is 40.2 Å². The van der Waals surface area contributed by atoms with Crippen LogP contribution in [0.1, 0.15) is 48.6 Å². The van der Waals surface area contributed by atoms with Gasteiger partial charge in [0.15, 0.2) is 16.6 Å². The summed E-state index contributed by atoms with van der Waals surface area (Å²) < 4.78 is 26.1. The second kappa shape index (κ2) is 11.3. The van der Waals surface area contributed by atoms with Gasteiger partial charge in [-0.1, -0.05) is 37.3 Å². The van der Waals surface area contributed by atoms with Crippen LogP contribution in [0.2, 0.25) is 0 Å². The minimum atomic E-state index is -1.01. The van der Waals surface area contributed by atoms with Crippen LogP contribution < -0.4 is 14.4 Å². The molecule has 1 saturated heterocycles. The number of carbonyl (C=O) groups excluding carboxylic acids is 2. The van der Waals surface area contributed by atoms with E-state index in [-0.39, 0.29) is 11.1 Å². The number of anilines is 1. The average Bonchev–Trinajstić information content (AvgIpc) is 3.47. The third-order valence-electron chi connectivity index (χ3n) is 7.04. The molecule has 0 saturated carbocycles. The smallest absolute Gasteiger partial charge is 0.301 e. The van der Waals surface area contributed by atoms with Gasteiger partial charge in [0.1, 0.15) is 11.6 Å². The molecule has 1 unspecified atom stereocenters. The fraction of sp³-hybridized carbons (Fsp3) is 0.281. The van der Waals surface area contributed by atoms with Crippen molar-refractivity contribution in [2.75, 3.05) is 18.6 Å². The van der Waals surface area contributed by atoms with E-state index >= 15 is 0 Å². The van der Waals surface area contributed by atoms with E-state index in [1.165, 1.54) is 47.6 Å². The van der Waals surface area contributed by atoms with E-state index in [4.69, 9.17) is 14.5 Å². The van der Waals surface area contributed by atoms with Gasteiger partial charge in [0, 0.05) is 5.56 Å². The summed E-state index contributed by atoms with van der Waals surface area (Å²) in [6.45, 7) is 8.65. The number of methoxy groups -OCH3 is 1. The molecule has 212 valence electrons. The molecule has 1 fully saturated rings. The Hall–Kier alpha value is -4.24. The number of rotatable bonds is 8. The Morgan fingerprint density at radius 1 is 1.07 bits per heavy atom. The molecule has 41 heavy (non-hydrogen) atoms. The van der Waals surface area contributed by atoms with Crippen molar-refractivity contribution in [3.63, 3.8) is 0 Å². The van der Waals surface area contributed by atoms with Crippen LogP contribution in [0, 0.1) is 25.6 Å². The summed E-state index contributed by atoms with van der Waals surface area (Å²) in [5.41, 5.74) is 3.36. The number of Topliss-reactive ketones (excluding diaryl/α,β-unsaturated/α-hetero) is 1. The van der Waals surface area contributed by atoms with E-state index in [0.717, 1.165) is 27.8 Å². The number of carbonyl (C=O) groups is 2. The Morgan fingerprint density at radius 2 is 1.80 bits per heavy atom. The number of nitrogens with zero attached hydrogens (tertiary/aromatic N) is 2. The summed E-state index contributed by atoms with van der Waals surface area (Å²) in [4.78, 5) is 33.3. The number of ketones is 1. The zero-order valence-electron chi connectivity index (χ0n) is 23.5. The van der Waals surface area contributed by atoms with E-state index in [2.05, 4.69) is 13.8 Å². The molecule has 0 spiro atoms. The van der Waals surface area contributed by atoms with Crippen LogP contribution in [0.4, 0.5) is 9.52 Å². The molecular weight excluding hydrogens is 543 g/mol. The highest BCUT2D eigenvalue weighted by Crippen LogP contribution is 2.46. The molecule has 7 nitrogen and oxygen atoms in total. The number of ether oxygens (including phenoxy) is 2. The Kier molecular flexibility index (Phi) is 7.82. The first-order chi connectivity index (χ1) is 19.6. The van der Waals surface area contributed by atoms with Crippen LogP contribution in [0.25, 0.3) is 16.0 Å². The third-order valence-corrected chi connectivity index (χ3v) is 8.04. The lowest BCUT2D eigenvalue weighted by molar-refractivity contribution is -0.132. The van der Waals surface area contributed by atoms with Gasteiger partial charge in [-0.2, -0.15) is 0 Å². The summed E-state index contributed by atoms with van der Waals surface area (Å²) in [5.74, 6) is -1.15. The van der Waals surface area contributed by atoms with E-state index < -0.39 is 29.3 Å². The van der Waals surface area contributed by atoms with Crippen molar-refractivity contribution < 1.29 is 28.6 Å². The fourth-order valence-corrected chi connectivity index (χ4v) is 6.12. The van der Waals surface area contributed by atoms with Crippen molar-refractivity contribution in [1.29, 1.82) is 0 Å². The highest BCUT2D eigenvalue weighted by atomic mass is 32.1. The molecule has 0 bridgehead atoms. The van der Waals surface area contributed by atoms with E-state index in [1.54, 1.807) is 18.2 Å². The Balaban J connectivity index is 1.68. The molecule has 1 amide bonds. The molecule has 1 aliphatic rings. The predicted octanol–water partition coefficient (Wildman–Crippen LogP) is 7.11. The first-order valence-corrected chi connectivity index (χ1v) is 14.2. The van der Waals surface area contributed by atoms with Crippen LogP contribution >= 0.6 is 11.3 Å². The molecule has 9 heteroatoms. The summed E-state index contributed by atoms with van der Waals surface area (Å²) in [7, 11) is 1.52. The van der Waals surface area contributed by atoms with Crippen LogP contribution in [-0.4, -0.2) is 35.5 Å². The Labute approximate surface area is 241 Å². The minimum Gasteiger partial charge on any atom is -0.507 e. The SMILES string of the molecule is COc1cc(C2C(=C(O)c3ccc(F)cc3)C(=O)C(=O)N2c2nc3c(C)cc(C)cc3s2)ccc1OCCC(C)C. The van der Waals surface area contributed by atoms with Gasteiger partial charge >= 0.3 is 5.91 Å². The van der Waals surface area contributed by atoms with E-state index in [0.29, 0.717) is 34.7 Å². The summed E-state index contributed by atoms with van der Waals surface area (Å²) >= 11 is 1.30. The molecule has 1 aromatic heterocycles. The van der Waals surface area contributed by atoms with Gasteiger partial charge in [-0.05, 0) is 85.3 Å². The number of halogens is 1.